The average Bonchev–Trinajstić information content (AvgIpc) is 2.99. The molecule has 1 saturated heterocycles. The van der Waals surface area contributed by atoms with Crippen molar-refractivity contribution >= 4 is 40.7 Å². The van der Waals surface area contributed by atoms with E-state index in [1.165, 1.54) is 0 Å². The van der Waals surface area contributed by atoms with E-state index >= 15 is 0 Å². The molecule has 0 radical (unpaired) electrons. The van der Waals surface area contributed by atoms with Crippen LogP contribution in [-0.2, 0) is 16.0 Å². The molecule has 2 aromatic carbocycles. The molecule has 25 heavy (non-hydrogen) atoms. The Kier molecular flexibility index (Phi) is 5.61. The molecular formula is C19H18Cl2N2O2. The van der Waals surface area contributed by atoms with Crippen molar-refractivity contribution in [2.75, 3.05) is 11.4 Å². The summed E-state index contributed by atoms with van der Waals surface area (Å²) in [6.45, 7) is 0.452. The number of carbonyl (C=O) groups excluding carboxylic acids is 2. The summed E-state index contributed by atoms with van der Waals surface area (Å²) >= 11 is 12.0. The Labute approximate surface area is 156 Å². The summed E-state index contributed by atoms with van der Waals surface area (Å²) in [5.74, 6) is -0.160. The largest absolute Gasteiger partial charge is 0.354 e. The number of halogens is 2. The van der Waals surface area contributed by atoms with Crippen molar-refractivity contribution in [3.8, 4) is 0 Å². The van der Waals surface area contributed by atoms with Crippen LogP contribution in [0.5, 0.6) is 0 Å². The number of rotatable bonds is 5. The maximum atomic E-state index is 12.5. The lowest BCUT2D eigenvalue weighted by Crippen LogP contribution is -2.45. The number of nitrogens with zero attached hydrogens (tertiary/aromatic N) is 1. The Morgan fingerprint density at radius 1 is 1.16 bits per heavy atom. The predicted octanol–water partition coefficient (Wildman–Crippen LogP) is 3.85. The van der Waals surface area contributed by atoms with Crippen molar-refractivity contribution < 1.29 is 9.59 Å². The minimum atomic E-state index is -0.462. The average molecular weight is 377 g/mol. The fraction of sp³-hybridized carbons (Fsp3) is 0.263. The number of amides is 2. The molecule has 4 nitrogen and oxygen atoms in total. The first kappa shape index (κ1) is 17.8. The third kappa shape index (κ3) is 4.14. The zero-order valence-electron chi connectivity index (χ0n) is 13.5. The summed E-state index contributed by atoms with van der Waals surface area (Å²) in [6, 6.07) is 14.1. The lowest BCUT2D eigenvalue weighted by molar-refractivity contribution is -0.123. The monoisotopic (exact) mass is 376 g/mol. The predicted molar refractivity (Wildman–Crippen MR) is 100 cm³/mol. The molecule has 2 aromatic rings. The van der Waals surface area contributed by atoms with Gasteiger partial charge >= 0.3 is 0 Å². The van der Waals surface area contributed by atoms with Gasteiger partial charge in [0.25, 0.3) is 0 Å². The van der Waals surface area contributed by atoms with Crippen LogP contribution in [0.15, 0.2) is 48.5 Å². The number of hydrogen-bond donors (Lipinski definition) is 1. The highest BCUT2D eigenvalue weighted by atomic mass is 35.5. The van der Waals surface area contributed by atoms with Crippen LogP contribution in [0.25, 0.3) is 0 Å². The smallest absolute Gasteiger partial charge is 0.243 e. The molecule has 6 heteroatoms. The molecule has 0 spiro atoms. The second-order valence-corrected chi connectivity index (χ2v) is 6.77. The number of benzene rings is 2. The van der Waals surface area contributed by atoms with Crippen LogP contribution in [0.3, 0.4) is 0 Å². The summed E-state index contributed by atoms with van der Waals surface area (Å²) in [5.41, 5.74) is 1.68. The van der Waals surface area contributed by atoms with Gasteiger partial charge < -0.3 is 5.32 Å². The number of anilines is 1. The molecule has 1 aliphatic heterocycles. The van der Waals surface area contributed by atoms with Crippen molar-refractivity contribution in [1.82, 2.24) is 5.32 Å². The van der Waals surface area contributed by atoms with Crippen LogP contribution in [0, 0.1) is 0 Å². The molecule has 2 amide bonds. The van der Waals surface area contributed by atoms with E-state index in [0.29, 0.717) is 35.9 Å². The van der Waals surface area contributed by atoms with Crippen LogP contribution < -0.4 is 10.2 Å². The maximum Gasteiger partial charge on any atom is 0.243 e. The van der Waals surface area contributed by atoms with Gasteiger partial charge in [0.05, 0.1) is 0 Å². The first-order valence-corrected chi connectivity index (χ1v) is 8.90. The Morgan fingerprint density at radius 2 is 1.92 bits per heavy atom. The van der Waals surface area contributed by atoms with E-state index in [-0.39, 0.29) is 11.8 Å². The first-order valence-electron chi connectivity index (χ1n) is 8.15. The van der Waals surface area contributed by atoms with E-state index in [2.05, 4.69) is 5.32 Å². The topological polar surface area (TPSA) is 49.4 Å². The highest BCUT2D eigenvalue weighted by Crippen LogP contribution is 2.26. The highest BCUT2D eigenvalue weighted by Gasteiger charge is 2.36. The summed E-state index contributed by atoms with van der Waals surface area (Å²) in [4.78, 5) is 26.3. The van der Waals surface area contributed by atoms with Gasteiger partial charge in [0.15, 0.2) is 0 Å². The van der Waals surface area contributed by atoms with Gasteiger partial charge in [0.1, 0.15) is 6.04 Å². The minimum Gasteiger partial charge on any atom is -0.354 e. The van der Waals surface area contributed by atoms with Crippen LogP contribution in [0.2, 0.25) is 10.0 Å². The molecule has 3 rings (SSSR count). The molecule has 0 saturated carbocycles. The molecule has 0 aliphatic carbocycles. The van der Waals surface area contributed by atoms with Crippen molar-refractivity contribution in [1.29, 1.82) is 0 Å². The van der Waals surface area contributed by atoms with E-state index < -0.39 is 6.04 Å². The van der Waals surface area contributed by atoms with E-state index in [1.54, 1.807) is 17.0 Å². The molecule has 1 heterocycles. The van der Waals surface area contributed by atoms with Crippen molar-refractivity contribution in [3.63, 3.8) is 0 Å². The second-order valence-electron chi connectivity index (χ2n) is 5.93. The number of para-hydroxylation sites is 1. The molecule has 1 N–H and O–H groups in total. The van der Waals surface area contributed by atoms with E-state index in [9.17, 15) is 9.59 Å². The number of carbonyl (C=O) groups is 2. The molecule has 0 aromatic heterocycles. The van der Waals surface area contributed by atoms with Crippen LogP contribution in [-0.4, -0.2) is 24.4 Å². The minimum absolute atomic E-state index is 0.0212. The van der Waals surface area contributed by atoms with Crippen LogP contribution in [0.4, 0.5) is 5.69 Å². The fourth-order valence-electron chi connectivity index (χ4n) is 3.01. The normalized spacial score (nSPS) is 17.0. The Balaban J connectivity index is 1.61. The lowest BCUT2D eigenvalue weighted by atomic mass is 10.1. The standard InChI is InChI=1S/C19H18Cl2N2O2/c20-14-7-6-13(16(21)12-14)10-11-22-19(25)17-8-9-18(24)23(17)15-4-2-1-3-5-15/h1-7,12,17H,8-11H2,(H,22,25)/t17-/m0/s1. The van der Waals surface area contributed by atoms with Crippen molar-refractivity contribution in [2.45, 2.75) is 25.3 Å². The molecular weight excluding hydrogens is 359 g/mol. The third-order valence-electron chi connectivity index (χ3n) is 4.26. The fourth-order valence-corrected chi connectivity index (χ4v) is 3.51. The SMILES string of the molecule is O=C(NCCc1ccc(Cl)cc1Cl)[C@@H]1CCC(=O)N1c1ccccc1. The summed E-state index contributed by atoms with van der Waals surface area (Å²) in [5, 5.41) is 4.08. The number of hydrogen-bond acceptors (Lipinski definition) is 2. The zero-order chi connectivity index (χ0) is 17.8. The van der Waals surface area contributed by atoms with Gasteiger partial charge in [-0.25, -0.2) is 0 Å². The van der Waals surface area contributed by atoms with Gasteiger partial charge in [0.2, 0.25) is 11.8 Å². The molecule has 0 unspecified atom stereocenters. The zero-order valence-corrected chi connectivity index (χ0v) is 15.1. The Hall–Kier alpha value is -2.04. The third-order valence-corrected chi connectivity index (χ3v) is 4.84. The van der Waals surface area contributed by atoms with Crippen LogP contribution in [0.1, 0.15) is 18.4 Å². The number of nitrogens with one attached hydrogen (secondary N) is 1. The Morgan fingerprint density at radius 3 is 2.64 bits per heavy atom. The van der Waals surface area contributed by atoms with Gasteiger partial charge in [-0.05, 0) is 42.7 Å². The van der Waals surface area contributed by atoms with Gasteiger partial charge in [-0.15, -0.1) is 0 Å². The van der Waals surface area contributed by atoms with Crippen molar-refractivity contribution in [2.24, 2.45) is 0 Å². The van der Waals surface area contributed by atoms with Crippen LogP contribution >= 0.6 is 23.2 Å². The van der Waals surface area contributed by atoms with Crippen molar-refractivity contribution in [3.05, 3.63) is 64.1 Å². The summed E-state index contributed by atoms with van der Waals surface area (Å²) in [6.07, 6.45) is 1.52. The summed E-state index contributed by atoms with van der Waals surface area (Å²) < 4.78 is 0. The van der Waals surface area contributed by atoms with Gasteiger partial charge in [-0.3, -0.25) is 14.5 Å². The Bertz CT molecular complexity index is 780. The molecule has 1 fully saturated rings. The molecule has 1 aliphatic rings. The lowest BCUT2D eigenvalue weighted by Gasteiger charge is -2.24. The molecule has 0 bridgehead atoms. The van der Waals surface area contributed by atoms with Gasteiger partial charge in [-0.2, -0.15) is 0 Å². The van der Waals surface area contributed by atoms with E-state index in [0.717, 1.165) is 11.3 Å². The van der Waals surface area contributed by atoms with E-state index in [1.807, 2.05) is 36.4 Å². The van der Waals surface area contributed by atoms with E-state index in [4.69, 9.17) is 23.2 Å². The molecule has 130 valence electrons. The van der Waals surface area contributed by atoms with Gasteiger partial charge in [0, 0.05) is 28.7 Å². The van der Waals surface area contributed by atoms with Gasteiger partial charge in [-0.1, -0.05) is 47.5 Å². The first-order chi connectivity index (χ1) is 12.1. The second kappa shape index (κ2) is 7.89. The molecule has 1 atom stereocenters. The highest BCUT2D eigenvalue weighted by molar-refractivity contribution is 6.35. The maximum absolute atomic E-state index is 12.5. The summed E-state index contributed by atoms with van der Waals surface area (Å²) in [7, 11) is 0. The quantitative estimate of drug-likeness (QED) is 0.861.